The standard InChI is InChI=1S/C24H27N5O5/c1-15(30)14-33-20-8-6-7-18(9-20)11-28-23(32)29(22(31)24(28,4)5)19-10-25-27(12-19)13-21-16(2)26-34-17(21)3/h6-10,12H,11,13-14H2,1-5H3. The Morgan fingerprint density at radius 2 is 1.94 bits per heavy atom. The van der Waals surface area contributed by atoms with Crippen LogP contribution in [0, 0.1) is 13.8 Å². The Morgan fingerprint density at radius 1 is 1.18 bits per heavy atom. The average Bonchev–Trinajstić information content (AvgIpc) is 3.42. The third-order valence-corrected chi connectivity index (χ3v) is 5.88. The zero-order valence-electron chi connectivity index (χ0n) is 19.9. The molecule has 4 rings (SSSR count). The molecule has 0 atom stereocenters. The summed E-state index contributed by atoms with van der Waals surface area (Å²) in [6.45, 7) is 9.16. The molecule has 0 aliphatic carbocycles. The molecule has 1 aliphatic heterocycles. The van der Waals surface area contributed by atoms with Gasteiger partial charge < -0.3 is 14.2 Å². The summed E-state index contributed by atoms with van der Waals surface area (Å²) < 4.78 is 12.3. The number of amides is 3. The van der Waals surface area contributed by atoms with Crippen molar-refractivity contribution in [1.82, 2.24) is 19.8 Å². The second-order valence-electron chi connectivity index (χ2n) is 8.91. The molecule has 1 aliphatic rings. The van der Waals surface area contributed by atoms with Gasteiger partial charge in [0.1, 0.15) is 23.7 Å². The third-order valence-electron chi connectivity index (χ3n) is 5.88. The number of Topliss-reactive ketones (excluding diaryl/α,β-unsaturated/α-hetero) is 1. The summed E-state index contributed by atoms with van der Waals surface area (Å²) >= 11 is 0. The van der Waals surface area contributed by atoms with Gasteiger partial charge in [-0.3, -0.25) is 14.3 Å². The van der Waals surface area contributed by atoms with Crippen molar-refractivity contribution >= 4 is 23.4 Å². The Morgan fingerprint density at radius 3 is 2.62 bits per heavy atom. The van der Waals surface area contributed by atoms with Crippen molar-refractivity contribution < 1.29 is 23.6 Å². The molecular weight excluding hydrogens is 438 g/mol. The van der Waals surface area contributed by atoms with E-state index in [0.29, 0.717) is 23.7 Å². The zero-order valence-corrected chi connectivity index (χ0v) is 19.9. The Balaban J connectivity index is 1.54. The summed E-state index contributed by atoms with van der Waals surface area (Å²) in [4.78, 5) is 40.5. The van der Waals surface area contributed by atoms with Crippen molar-refractivity contribution in [2.24, 2.45) is 0 Å². The summed E-state index contributed by atoms with van der Waals surface area (Å²) in [7, 11) is 0. The van der Waals surface area contributed by atoms with Crippen LogP contribution in [0.4, 0.5) is 10.5 Å². The number of urea groups is 1. The molecule has 1 fully saturated rings. The second-order valence-corrected chi connectivity index (χ2v) is 8.91. The molecule has 0 radical (unpaired) electrons. The van der Waals surface area contributed by atoms with Gasteiger partial charge in [0.15, 0.2) is 5.78 Å². The van der Waals surface area contributed by atoms with E-state index in [1.54, 1.807) is 42.9 Å². The first-order valence-electron chi connectivity index (χ1n) is 10.9. The number of carbonyl (C=O) groups excluding carboxylic acids is 3. The predicted octanol–water partition coefficient (Wildman–Crippen LogP) is 3.25. The first-order chi connectivity index (χ1) is 16.1. The van der Waals surface area contributed by atoms with Crippen LogP contribution in [0.5, 0.6) is 5.75 Å². The van der Waals surface area contributed by atoms with Gasteiger partial charge in [0.25, 0.3) is 5.91 Å². The summed E-state index contributed by atoms with van der Waals surface area (Å²) in [5, 5.41) is 8.28. The minimum Gasteiger partial charge on any atom is -0.486 e. The van der Waals surface area contributed by atoms with Crippen molar-refractivity contribution in [1.29, 1.82) is 0 Å². The zero-order chi connectivity index (χ0) is 24.6. The quantitative estimate of drug-likeness (QED) is 0.470. The molecular formula is C24H27N5O5. The maximum absolute atomic E-state index is 13.4. The topological polar surface area (TPSA) is 111 Å². The minimum atomic E-state index is -1.06. The monoisotopic (exact) mass is 465 g/mol. The van der Waals surface area contributed by atoms with Gasteiger partial charge in [-0.15, -0.1) is 0 Å². The molecule has 1 aromatic carbocycles. The number of hydrogen-bond donors (Lipinski definition) is 0. The lowest BCUT2D eigenvalue weighted by Gasteiger charge is -2.27. The first kappa shape index (κ1) is 23.2. The molecule has 1 saturated heterocycles. The van der Waals surface area contributed by atoms with E-state index < -0.39 is 11.6 Å². The molecule has 10 nitrogen and oxygen atoms in total. The van der Waals surface area contributed by atoms with E-state index in [2.05, 4.69) is 10.3 Å². The maximum atomic E-state index is 13.4. The molecule has 2 aromatic heterocycles. The van der Waals surface area contributed by atoms with Crippen LogP contribution in [-0.4, -0.2) is 49.7 Å². The number of rotatable bonds is 8. The third kappa shape index (κ3) is 4.30. The smallest absolute Gasteiger partial charge is 0.332 e. The molecule has 0 saturated carbocycles. The number of carbonyl (C=O) groups is 3. The second kappa shape index (κ2) is 8.77. The van der Waals surface area contributed by atoms with Gasteiger partial charge in [-0.1, -0.05) is 17.3 Å². The SMILES string of the molecule is CC(=O)COc1cccc(CN2C(=O)N(c3cnn(Cc4c(C)noc4C)c3)C(=O)C2(C)C)c1. The Bertz CT molecular complexity index is 1240. The van der Waals surface area contributed by atoms with E-state index in [-0.39, 0.29) is 24.8 Å². The van der Waals surface area contributed by atoms with E-state index >= 15 is 0 Å². The minimum absolute atomic E-state index is 0.0260. The highest BCUT2D eigenvalue weighted by Crippen LogP contribution is 2.33. The highest BCUT2D eigenvalue weighted by Gasteiger charge is 2.52. The predicted molar refractivity (Wildman–Crippen MR) is 122 cm³/mol. The molecule has 0 unspecified atom stereocenters. The van der Waals surface area contributed by atoms with Crippen LogP contribution < -0.4 is 9.64 Å². The maximum Gasteiger partial charge on any atom is 0.332 e. The molecule has 10 heteroatoms. The first-order valence-corrected chi connectivity index (χ1v) is 10.9. The highest BCUT2D eigenvalue weighted by molar-refractivity contribution is 6.22. The number of nitrogens with zero attached hydrogens (tertiary/aromatic N) is 5. The van der Waals surface area contributed by atoms with Crippen LogP contribution in [-0.2, 0) is 22.7 Å². The fourth-order valence-corrected chi connectivity index (χ4v) is 3.87. The van der Waals surface area contributed by atoms with Crippen LogP contribution >= 0.6 is 0 Å². The van der Waals surface area contributed by atoms with Crippen LogP contribution in [0.15, 0.2) is 41.2 Å². The molecule has 3 aromatic rings. The number of ketones is 1. The van der Waals surface area contributed by atoms with Crippen LogP contribution in [0.25, 0.3) is 0 Å². The number of anilines is 1. The molecule has 3 amide bonds. The van der Waals surface area contributed by atoms with Gasteiger partial charge in [-0.05, 0) is 52.3 Å². The summed E-state index contributed by atoms with van der Waals surface area (Å²) in [6.07, 6.45) is 3.17. The lowest BCUT2D eigenvalue weighted by molar-refractivity contribution is -0.123. The molecule has 0 N–H and O–H groups in total. The number of benzene rings is 1. The van der Waals surface area contributed by atoms with Crippen molar-refractivity contribution in [3.8, 4) is 5.75 Å². The van der Waals surface area contributed by atoms with Gasteiger partial charge in [-0.2, -0.15) is 5.10 Å². The van der Waals surface area contributed by atoms with E-state index in [0.717, 1.165) is 21.7 Å². The average molecular weight is 466 g/mol. The van der Waals surface area contributed by atoms with E-state index in [9.17, 15) is 14.4 Å². The molecule has 0 spiro atoms. The Hall–Kier alpha value is -3.95. The van der Waals surface area contributed by atoms with Gasteiger partial charge in [-0.25, -0.2) is 9.69 Å². The van der Waals surface area contributed by atoms with Crippen LogP contribution in [0.3, 0.4) is 0 Å². The van der Waals surface area contributed by atoms with E-state index in [4.69, 9.17) is 9.26 Å². The normalized spacial score (nSPS) is 15.3. The van der Waals surface area contributed by atoms with Crippen LogP contribution in [0.1, 0.15) is 43.4 Å². The molecule has 178 valence electrons. The van der Waals surface area contributed by atoms with E-state index in [1.807, 2.05) is 19.9 Å². The Kier molecular flexibility index (Phi) is 5.99. The fraction of sp³-hybridized carbons (Fsp3) is 0.375. The van der Waals surface area contributed by atoms with Gasteiger partial charge in [0.05, 0.1) is 24.1 Å². The Labute approximate surface area is 197 Å². The highest BCUT2D eigenvalue weighted by atomic mass is 16.5. The number of aryl methyl sites for hydroxylation is 2. The number of hydrogen-bond acceptors (Lipinski definition) is 7. The summed E-state index contributed by atoms with van der Waals surface area (Å²) in [5.74, 6) is 0.807. The van der Waals surface area contributed by atoms with Crippen LogP contribution in [0.2, 0.25) is 0 Å². The number of aromatic nitrogens is 3. The van der Waals surface area contributed by atoms with Crippen molar-refractivity contribution in [3.63, 3.8) is 0 Å². The molecule has 0 bridgehead atoms. The summed E-state index contributed by atoms with van der Waals surface area (Å²) in [6, 6.07) is 6.71. The van der Waals surface area contributed by atoms with Gasteiger partial charge in [0.2, 0.25) is 0 Å². The van der Waals surface area contributed by atoms with Gasteiger partial charge >= 0.3 is 6.03 Å². The fourth-order valence-electron chi connectivity index (χ4n) is 3.87. The number of ether oxygens (including phenoxy) is 1. The number of imide groups is 1. The lowest BCUT2D eigenvalue weighted by Crippen LogP contribution is -2.43. The molecule has 34 heavy (non-hydrogen) atoms. The lowest BCUT2D eigenvalue weighted by atomic mass is 10.0. The van der Waals surface area contributed by atoms with Crippen molar-refractivity contribution in [3.05, 3.63) is 59.2 Å². The van der Waals surface area contributed by atoms with E-state index in [1.165, 1.54) is 18.0 Å². The largest absolute Gasteiger partial charge is 0.486 e. The summed E-state index contributed by atoms with van der Waals surface area (Å²) in [5.41, 5.74) is 1.80. The van der Waals surface area contributed by atoms with Gasteiger partial charge in [0, 0.05) is 18.3 Å². The molecule has 3 heterocycles. The van der Waals surface area contributed by atoms with Crippen molar-refractivity contribution in [2.45, 2.75) is 53.2 Å². The van der Waals surface area contributed by atoms with Crippen molar-refractivity contribution in [2.75, 3.05) is 11.5 Å².